The topological polar surface area (TPSA) is 130 Å². The zero-order valence-electron chi connectivity index (χ0n) is 19.7. The van der Waals surface area contributed by atoms with Gasteiger partial charge in [0.15, 0.2) is 0 Å². The maximum absolute atomic E-state index is 12.5. The highest BCUT2D eigenvalue weighted by molar-refractivity contribution is 6.00. The van der Waals surface area contributed by atoms with Gasteiger partial charge in [-0.05, 0) is 85.9 Å². The van der Waals surface area contributed by atoms with E-state index in [2.05, 4.69) is 26.9 Å². The normalized spacial score (nSPS) is 17.3. The first-order valence-corrected chi connectivity index (χ1v) is 11.5. The molecule has 9 nitrogen and oxygen atoms in total. The standard InChI is InChI=1S/C26H27N5O4/c1-16-13-22(12-9-20(16)15-27)29-26-31-30-25(35-26)24(33)28-21-10-7-19(8-11-21)18-5-3-17(4-6-18)14-23(32)34-2/h7-13,17-18H,3-6,14H2,1-2H3,(H,28,33)(H,29,31). The third-order valence-electron chi connectivity index (χ3n) is 6.39. The zero-order chi connectivity index (χ0) is 24.8. The van der Waals surface area contributed by atoms with Gasteiger partial charge >= 0.3 is 23.8 Å². The van der Waals surface area contributed by atoms with E-state index in [9.17, 15) is 9.59 Å². The Hall–Kier alpha value is -4.19. The Morgan fingerprint density at radius 1 is 1.09 bits per heavy atom. The van der Waals surface area contributed by atoms with Crippen LogP contribution in [0.3, 0.4) is 0 Å². The Kier molecular flexibility index (Phi) is 7.41. The van der Waals surface area contributed by atoms with E-state index < -0.39 is 5.91 Å². The largest absolute Gasteiger partial charge is 0.469 e. The van der Waals surface area contributed by atoms with Crippen LogP contribution in [0.5, 0.6) is 0 Å². The van der Waals surface area contributed by atoms with Gasteiger partial charge in [0.25, 0.3) is 0 Å². The highest BCUT2D eigenvalue weighted by Crippen LogP contribution is 2.37. The lowest BCUT2D eigenvalue weighted by atomic mass is 9.77. The number of methoxy groups -OCH3 is 1. The van der Waals surface area contributed by atoms with E-state index in [4.69, 9.17) is 14.4 Å². The molecule has 0 radical (unpaired) electrons. The summed E-state index contributed by atoms with van der Waals surface area (Å²) in [6.07, 6.45) is 4.57. The predicted molar refractivity (Wildman–Crippen MR) is 129 cm³/mol. The third-order valence-corrected chi connectivity index (χ3v) is 6.39. The summed E-state index contributed by atoms with van der Waals surface area (Å²) in [6, 6.07) is 15.2. The molecule has 2 N–H and O–H groups in total. The smallest absolute Gasteiger partial charge is 0.320 e. The molecule has 3 aromatic rings. The van der Waals surface area contributed by atoms with Crippen molar-refractivity contribution in [3.8, 4) is 6.07 Å². The minimum absolute atomic E-state index is 0.0809. The molecule has 9 heteroatoms. The van der Waals surface area contributed by atoms with Crippen molar-refractivity contribution in [2.45, 2.75) is 44.9 Å². The van der Waals surface area contributed by atoms with Gasteiger partial charge < -0.3 is 19.8 Å². The van der Waals surface area contributed by atoms with Crippen molar-refractivity contribution in [3.05, 3.63) is 65.0 Å². The molecule has 1 fully saturated rings. The molecule has 35 heavy (non-hydrogen) atoms. The molecule has 1 saturated carbocycles. The van der Waals surface area contributed by atoms with E-state index in [0.717, 1.165) is 31.2 Å². The Morgan fingerprint density at radius 3 is 2.46 bits per heavy atom. The van der Waals surface area contributed by atoms with Crippen LogP contribution in [0.25, 0.3) is 0 Å². The van der Waals surface area contributed by atoms with Crippen molar-refractivity contribution in [2.24, 2.45) is 5.92 Å². The van der Waals surface area contributed by atoms with Crippen molar-refractivity contribution >= 4 is 29.3 Å². The fraction of sp³-hybridized carbons (Fsp3) is 0.346. The van der Waals surface area contributed by atoms with Gasteiger partial charge in [-0.25, -0.2) is 0 Å². The lowest BCUT2D eigenvalue weighted by molar-refractivity contribution is -0.142. The number of nitriles is 1. The summed E-state index contributed by atoms with van der Waals surface area (Å²) in [6.45, 7) is 1.83. The van der Waals surface area contributed by atoms with Crippen LogP contribution >= 0.6 is 0 Å². The van der Waals surface area contributed by atoms with Crippen molar-refractivity contribution in [1.82, 2.24) is 10.2 Å². The highest BCUT2D eigenvalue weighted by atomic mass is 16.5. The molecule has 2 aromatic carbocycles. The number of aromatic nitrogens is 2. The van der Waals surface area contributed by atoms with Gasteiger partial charge in [0.05, 0.1) is 18.7 Å². The van der Waals surface area contributed by atoms with E-state index in [1.165, 1.54) is 12.7 Å². The van der Waals surface area contributed by atoms with Crippen LogP contribution in [-0.4, -0.2) is 29.2 Å². The SMILES string of the molecule is COC(=O)CC1CCC(c2ccc(NC(=O)c3nnc(Nc4ccc(C#N)c(C)c4)o3)cc2)CC1. The third kappa shape index (κ3) is 6.03. The summed E-state index contributed by atoms with van der Waals surface area (Å²) in [5, 5.41) is 22.4. The van der Waals surface area contributed by atoms with Crippen LogP contribution in [-0.2, 0) is 9.53 Å². The van der Waals surface area contributed by atoms with E-state index in [1.54, 1.807) is 18.2 Å². The molecule has 1 amide bonds. The van der Waals surface area contributed by atoms with Crippen LogP contribution in [0.15, 0.2) is 46.9 Å². The lowest BCUT2D eigenvalue weighted by Gasteiger charge is -2.28. The molecule has 4 rings (SSSR count). The van der Waals surface area contributed by atoms with E-state index >= 15 is 0 Å². The van der Waals surface area contributed by atoms with Crippen molar-refractivity contribution < 1.29 is 18.7 Å². The van der Waals surface area contributed by atoms with Gasteiger partial charge in [-0.15, -0.1) is 5.10 Å². The number of nitrogens with one attached hydrogen (secondary N) is 2. The van der Waals surface area contributed by atoms with Gasteiger partial charge in [-0.3, -0.25) is 9.59 Å². The first-order valence-electron chi connectivity index (χ1n) is 11.5. The Labute approximate surface area is 203 Å². The van der Waals surface area contributed by atoms with Gasteiger partial charge in [0.2, 0.25) is 0 Å². The fourth-order valence-corrected chi connectivity index (χ4v) is 4.40. The number of aryl methyl sites for hydroxylation is 1. The van der Waals surface area contributed by atoms with E-state index in [1.807, 2.05) is 31.2 Å². The number of nitrogens with zero attached hydrogens (tertiary/aromatic N) is 3. The number of hydrogen-bond donors (Lipinski definition) is 2. The maximum atomic E-state index is 12.5. The second kappa shape index (κ2) is 10.8. The van der Waals surface area contributed by atoms with Crippen LogP contribution in [0, 0.1) is 24.2 Å². The van der Waals surface area contributed by atoms with Gasteiger partial charge in [0, 0.05) is 17.8 Å². The molecular weight excluding hydrogens is 446 g/mol. The highest BCUT2D eigenvalue weighted by Gasteiger charge is 2.24. The minimum atomic E-state index is -0.502. The number of ether oxygens (including phenoxy) is 1. The molecule has 1 heterocycles. The Bertz CT molecular complexity index is 1240. The van der Waals surface area contributed by atoms with Crippen molar-refractivity contribution in [2.75, 3.05) is 17.7 Å². The van der Waals surface area contributed by atoms with Crippen LogP contribution in [0.4, 0.5) is 17.4 Å². The van der Waals surface area contributed by atoms with Crippen LogP contribution in [0.2, 0.25) is 0 Å². The molecule has 0 atom stereocenters. The number of anilines is 3. The monoisotopic (exact) mass is 473 g/mol. The molecule has 0 saturated heterocycles. The lowest BCUT2D eigenvalue weighted by Crippen LogP contribution is -2.17. The molecule has 0 bridgehead atoms. The molecule has 180 valence electrons. The molecule has 1 aromatic heterocycles. The van der Waals surface area contributed by atoms with Crippen molar-refractivity contribution in [1.29, 1.82) is 5.26 Å². The number of hydrogen-bond acceptors (Lipinski definition) is 8. The molecule has 1 aliphatic rings. The number of carbonyl (C=O) groups excluding carboxylic acids is 2. The number of benzene rings is 2. The van der Waals surface area contributed by atoms with E-state index in [-0.39, 0.29) is 17.9 Å². The Morgan fingerprint density at radius 2 is 1.80 bits per heavy atom. The number of esters is 1. The first-order chi connectivity index (χ1) is 16.9. The van der Waals surface area contributed by atoms with Crippen molar-refractivity contribution in [3.63, 3.8) is 0 Å². The summed E-state index contributed by atoms with van der Waals surface area (Å²) in [7, 11) is 1.43. The maximum Gasteiger partial charge on any atom is 0.320 e. The quantitative estimate of drug-likeness (QED) is 0.454. The molecule has 1 aliphatic carbocycles. The molecule has 0 unspecified atom stereocenters. The number of carbonyl (C=O) groups is 2. The van der Waals surface area contributed by atoms with Gasteiger partial charge in [0.1, 0.15) is 0 Å². The Balaban J connectivity index is 1.30. The zero-order valence-corrected chi connectivity index (χ0v) is 19.7. The predicted octanol–water partition coefficient (Wildman–Crippen LogP) is 5.08. The summed E-state index contributed by atoms with van der Waals surface area (Å²) in [5.74, 6) is 0.0432. The second-order valence-corrected chi connectivity index (χ2v) is 8.75. The summed E-state index contributed by atoms with van der Waals surface area (Å²) in [5.41, 5.74) is 3.92. The minimum Gasteiger partial charge on any atom is -0.469 e. The summed E-state index contributed by atoms with van der Waals surface area (Å²) in [4.78, 5) is 24.0. The number of amides is 1. The second-order valence-electron chi connectivity index (χ2n) is 8.75. The fourth-order valence-electron chi connectivity index (χ4n) is 4.40. The van der Waals surface area contributed by atoms with Crippen LogP contribution in [0.1, 0.15) is 65.4 Å². The number of rotatable bonds is 7. The molecular formula is C26H27N5O4. The average molecular weight is 474 g/mol. The van der Waals surface area contributed by atoms with Crippen LogP contribution < -0.4 is 10.6 Å². The van der Waals surface area contributed by atoms with Gasteiger partial charge in [-0.1, -0.05) is 17.2 Å². The van der Waals surface area contributed by atoms with E-state index in [0.29, 0.717) is 35.2 Å². The van der Waals surface area contributed by atoms with Gasteiger partial charge in [-0.2, -0.15) is 5.26 Å². The molecule has 0 spiro atoms. The summed E-state index contributed by atoms with van der Waals surface area (Å²) < 4.78 is 10.2. The molecule has 0 aliphatic heterocycles. The first kappa shape index (κ1) is 24.0. The average Bonchev–Trinajstić information content (AvgIpc) is 3.34. The summed E-state index contributed by atoms with van der Waals surface area (Å²) >= 11 is 0.